The lowest BCUT2D eigenvalue weighted by Crippen LogP contribution is -2.47. The van der Waals surface area contributed by atoms with Crippen molar-refractivity contribution in [3.63, 3.8) is 0 Å². The largest absolute Gasteiger partial charge is 0.508 e. The van der Waals surface area contributed by atoms with Crippen molar-refractivity contribution in [3.8, 4) is 5.75 Å². The van der Waals surface area contributed by atoms with E-state index < -0.39 is 0 Å². The second-order valence-corrected chi connectivity index (χ2v) is 7.76. The Hall–Kier alpha value is -2.60. The Bertz CT molecular complexity index is 840. The van der Waals surface area contributed by atoms with Gasteiger partial charge in [-0.25, -0.2) is 4.98 Å². The molecule has 4 rings (SSSR count). The monoisotopic (exact) mass is 380 g/mol. The summed E-state index contributed by atoms with van der Waals surface area (Å²) in [5, 5.41) is 9.70. The molecule has 6 heteroatoms. The molecule has 0 bridgehead atoms. The Balaban J connectivity index is 1.41. The average Bonchev–Trinajstić information content (AvgIpc) is 3.26. The molecule has 0 saturated carbocycles. The van der Waals surface area contributed by atoms with Crippen LogP contribution in [0.3, 0.4) is 0 Å². The summed E-state index contributed by atoms with van der Waals surface area (Å²) < 4.78 is 0. The van der Waals surface area contributed by atoms with Gasteiger partial charge < -0.3 is 14.9 Å². The predicted octanol–water partition coefficient (Wildman–Crippen LogP) is 2.65. The number of piperazine rings is 1. The van der Waals surface area contributed by atoms with Crippen LogP contribution in [0.4, 0.5) is 5.82 Å². The quantitative estimate of drug-likeness (QED) is 0.884. The molecule has 1 aromatic carbocycles. The van der Waals surface area contributed by atoms with Crippen molar-refractivity contribution in [3.05, 3.63) is 53.2 Å². The van der Waals surface area contributed by atoms with Gasteiger partial charge in [0, 0.05) is 52.0 Å². The first-order valence-corrected chi connectivity index (χ1v) is 10.1. The summed E-state index contributed by atoms with van der Waals surface area (Å²) in [7, 11) is 0. The maximum absolute atomic E-state index is 12.9. The van der Waals surface area contributed by atoms with E-state index in [0.29, 0.717) is 5.75 Å². The van der Waals surface area contributed by atoms with Crippen LogP contribution < -0.4 is 4.90 Å². The highest BCUT2D eigenvalue weighted by atomic mass is 16.3. The second kappa shape index (κ2) is 8.19. The van der Waals surface area contributed by atoms with Gasteiger partial charge in [-0.3, -0.25) is 9.69 Å². The van der Waals surface area contributed by atoms with Gasteiger partial charge in [0.1, 0.15) is 11.6 Å². The topological polar surface area (TPSA) is 59.9 Å². The lowest BCUT2D eigenvalue weighted by molar-refractivity contribution is 0.0793. The van der Waals surface area contributed by atoms with Crippen molar-refractivity contribution in [2.24, 2.45) is 0 Å². The number of nitrogens with zero attached hydrogens (tertiary/aromatic N) is 4. The van der Waals surface area contributed by atoms with Gasteiger partial charge in [-0.2, -0.15) is 0 Å². The first-order chi connectivity index (χ1) is 13.6. The fourth-order valence-corrected chi connectivity index (χ4v) is 4.10. The van der Waals surface area contributed by atoms with Gasteiger partial charge in [0.05, 0.1) is 5.56 Å². The average molecular weight is 380 g/mol. The molecule has 0 unspecified atom stereocenters. The van der Waals surface area contributed by atoms with Gasteiger partial charge in [0.15, 0.2) is 0 Å². The summed E-state index contributed by atoms with van der Waals surface area (Å²) in [6.07, 6.45) is 3.97. The predicted molar refractivity (Wildman–Crippen MR) is 110 cm³/mol. The summed E-state index contributed by atoms with van der Waals surface area (Å²) in [5.74, 6) is 1.28. The molecule has 0 spiro atoms. The number of carbonyl (C=O) groups excluding carboxylic acids is 1. The zero-order chi connectivity index (χ0) is 19.5. The van der Waals surface area contributed by atoms with E-state index in [0.717, 1.165) is 75.6 Å². The van der Waals surface area contributed by atoms with E-state index in [2.05, 4.69) is 14.8 Å². The third-order valence-electron chi connectivity index (χ3n) is 5.75. The Morgan fingerprint density at radius 2 is 1.82 bits per heavy atom. The van der Waals surface area contributed by atoms with Crippen molar-refractivity contribution in [2.45, 2.75) is 26.3 Å². The molecule has 1 amide bonds. The summed E-state index contributed by atoms with van der Waals surface area (Å²) >= 11 is 0. The lowest BCUT2D eigenvalue weighted by atomic mass is 10.1. The zero-order valence-electron chi connectivity index (χ0n) is 16.5. The van der Waals surface area contributed by atoms with E-state index >= 15 is 0 Å². The molecular weight excluding hydrogens is 352 g/mol. The number of pyridine rings is 1. The van der Waals surface area contributed by atoms with E-state index in [1.54, 1.807) is 12.3 Å². The minimum atomic E-state index is 0.114. The van der Waals surface area contributed by atoms with Gasteiger partial charge in [-0.1, -0.05) is 12.1 Å². The number of aryl methyl sites for hydroxylation is 1. The van der Waals surface area contributed by atoms with E-state index in [9.17, 15) is 9.90 Å². The molecule has 0 radical (unpaired) electrons. The molecule has 1 aromatic heterocycles. The van der Waals surface area contributed by atoms with Crippen LogP contribution in [-0.4, -0.2) is 65.1 Å². The molecule has 28 heavy (non-hydrogen) atoms. The maximum Gasteiger partial charge on any atom is 0.257 e. The van der Waals surface area contributed by atoms with Crippen LogP contribution in [0.25, 0.3) is 0 Å². The number of aromatic hydroxyl groups is 1. The number of amides is 1. The maximum atomic E-state index is 12.9. The number of phenols is 1. The summed E-state index contributed by atoms with van der Waals surface area (Å²) in [4.78, 5) is 24.1. The number of aromatic nitrogens is 1. The molecule has 2 aliphatic heterocycles. The van der Waals surface area contributed by atoms with Crippen LogP contribution in [0.15, 0.2) is 36.5 Å². The Kier molecular flexibility index (Phi) is 5.48. The fraction of sp³-hybridized carbons (Fsp3) is 0.455. The number of hydrogen-bond donors (Lipinski definition) is 1. The zero-order valence-corrected chi connectivity index (χ0v) is 16.5. The van der Waals surface area contributed by atoms with Crippen molar-refractivity contribution in [1.29, 1.82) is 0 Å². The van der Waals surface area contributed by atoms with Crippen LogP contribution in [0.5, 0.6) is 5.75 Å². The first-order valence-electron chi connectivity index (χ1n) is 10.1. The smallest absolute Gasteiger partial charge is 0.257 e. The SMILES string of the molecule is Cc1cc(CN2CCN(c3ncccc3C(=O)N3CCCC3)CC2)ccc1O. The lowest BCUT2D eigenvalue weighted by Gasteiger charge is -2.36. The van der Waals surface area contributed by atoms with Crippen molar-refractivity contribution in [2.75, 3.05) is 44.2 Å². The fourth-order valence-electron chi connectivity index (χ4n) is 4.10. The van der Waals surface area contributed by atoms with E-state index in [1.165, 1.54) is 5.56 Å². The number of rotatable bonds is 4. The molecular formula is C22H28N4O2. The molecule has 1 N–H and O–H groups in total. The van der Waals surface area contributed by atoms with Crippen LogP contribution in [0.1, 0.15) is 34.3 Å². The number of hydrogen-bond acceptors (Lipinski definition) is 5. The highest BCUT2D eigenvalue weighted by Gasteiger charge is 2.26. The highest BCUT2D eigenvalue weighted by Crippen LogP contribution is 2.23. The molecule has 0 aliphatic carbocycles. The Labute approximate surface area is 166 Å². The summed E-state index contributed by atoms with van der Waals surface area (Å²) in [6.45, 7) is 8.07. The van der Waals surface area contributed by atoms with Crippen LogP contribution >= 0.6 is 0 Å². The number of benzene rings is 1. The molecule has 0 atom stereocenters. The van der Waals surface area contributed by atoms with E-state index in [4.69, 9.17) is 0 Å². The molecule has 3 heterocycles. The van der Waals surface area contributed by atoms with Crippen LogP contribution in [0, 0.1) is 6.92 Å². The third-order valence-corrected chi connectivity index (χ3v) is 5.75. The molecule has 6 nitrogen and oxygen atoms in total. The second-order valence-electron chi connectivity index (χ2n) is 7.76. The standard InChI is InChI=1S/C22H28N4O2/c1-17-15-18(6-7-20(17)27)16-24-11-13-25(14-12-24)21-19(5-4-8-23-21)22(28)26-9-2-3-10-26/h4-8,15,27H,2-3,9-14,16H2,1H3. The van der Waals surface area contributed by atoms with Crippen molar-refractivity contribution >= 4 is 11.7 Å². The minimum absolute atomic E-state index is 0.114. The van der Waals surface area contributed by atoms with E-state index in [-0.39, 0.29) is 5.91 Å². The van der Waals surface area contributed by atoms with Crippen LogP contribution in [0.2, 0.25) is 0 Å². The first kappa shape index (κ1) is 18.7. The van der Waals surface area contributed by atoms with Gasteiger partial charge in [-0.05, 0) is 49.1 Å². The summed E-state index contributed by atoms with van der Waals surface area (Å²) in [5.41, 5.74) is 2.85. The van der Waals surface area contributed by atoms with Crippen molar-refractivity contribution < 1.29 is 9.90 Å². The third kappa shape index (κ3) is 3.97. The molecule has 148 valence electrons. The van der Waals surface area contributed by atoms with Gasteiger partial charge in [0.2, 0.25) is 0 Å². The minimum Gasteiger partial charge on any atom is -0.508 e. The molecule has 2 aromatic rings. The highest BCUT2D eigenvalue weighted by molar-refractivity contribution is 5.99. The molecule has 2 saturated heterocycles. The number of phenolic OH excluding ortho intramolecular Hbond substituents is 1. The number of likely N-dealkylation sites (tertiary alicyclic amines) is 1. The Morgan fingerprint density at radius 3 is 2.54 bits per heavy atom. The summed E-state index contributed by atoms with van der Waals surface area (Å²) in [6, 6.07) is 9.57. The number of anilines is 1. The van der Waals surface area contributed by atoms with Gasteiger partial charge in [0.25, 0.3) is 5.91 Å². The van der Waals surface area contributed by atoms with Crippen LogP contribution in [-0.2, 0) is 6.54 Å². The Morgan fingerprint density at radius 1 is 1.07 bits per heavy atom. The van der Waals surface area contributed by atoms with Gasteiger partial charge in [-0.15, -0.1) is 0 Å². The van der Waals surface area contributed by atoms with Crippen molar-refractivity contribution in [1.82, 2.24) is 14.8 Å². The van der Waals surface area contributed by atoms with E-state index in [1.807, 2.05) is 36.1 Å². The normalized spacial score (nSPS) is 17.9. The number of carbonyl (C=O) groups is 1. The molecule has 2 aliphatic rings. The van der Waals surface area contributed by atoms with Gasteiger partial charge >= 0.3 is 0 Å². The molecule has 2 fully saturated rings.